The standard InChI is InChI=1S/C7H14N2.C4H6O6/c1-2-6-4-8-5-7(6)9-3-1;5-1(3(7)8)2(6)4(9)10/h6-9H,1-5H2;1-2,5-6H,(H,7,8)(H,9,10). The van der Waals surface area contributed by atoms with Crippen LogP contribution in [0.15, 0.2) is 0 Å². The van der Waals surface area contributed by atoms with Crippen LogP contribution in [0.2, 0.25) is 0 Å². The van der Waals surface area contributed by atoms with Crippen molar-refractivity contribution in [3.8, 4) is 0 Å². The van der Waals surface area contributed by atoms with E-state index in [0.717, 1.165) is 12.0 Å². The van der Waals surface area contributed by atoms with E-state index in [-0.39, 0.29) is 0 Å². The molecule has 2 fully saturated rings. The number of hydrogen-bond acceptors (Lipinski definition) is 6. The topological polar surface area (TPSA) is 139 Å². The second-order valence-corrected chi connectivity index (χ2v) is 4.69. The number of carboxylic acids is 2. The van der Waals surface area contributed by atoms with Gasteiger partial charge in [-0.2, -0.15) is 0 Å². The Labute approximate surface area is 110 Å². The summed E-state index contributed by atoms with van der Waals surface area (Å²) in [5.74, 6) is -2.59. The van der Waals surface area contributed by atoms with Gasteiger partial charge in [0.1, 0.15) is 0 Å². The Morgan fingerprint density at radius 3 is 2.11 bits per heavy atom. The van der Waals surface area contributed by atoms with Gasteiger partial charge in [-0.05, 0) is 31.8 Å². The molecule has 4 atom stereocenters. The predicted octanol–water partition coefficient (Wildman–Crippen LogP) is -2.16. The highest BCUT2D eigenvalue weighted by Gasteiger charge is 2.29. The minimum Gasteiger partial charge on any atom is -0.479 e. The summed E-state index contributed by atoms with van der Waals surface area (Å²) in [7, 11) is 0. The molecule has 8 nitrogen and oxygen atoms in total. The van der Waals surface area contributed by atoms with Crippen molar-refractivity contribution < 1.29 is 30.0 Å². The molecule has 0 aliphatic carbocycles. The maximum atomic E-state index is 9.77. The second-order valence-electron chi connectivity index (χ2n) is 4.69. The second kappa shape index (κ2) is 7.39. The van der Waals surface area contributed by atoms with Crippen LogP contribution in [0.5, 0.6) is 0 Å². The van der Waals surface area contributed by atoms with Gasteiger partial charge in [-0.3, -0.25) is 0 Å². The van der Waals surface area contributed by atoms with Crippen molar-refractivity contribution in [3.63, 3.8) is 0 Å². The van der Waals surface area contributed by atoms with E-state index >= 15 is 0 Å². The number of aliphatic hydroxyl groups excluding tert-OH is 2. The number of rotatable bonds is 3. The number of aliphatic hydroxyl groups is 2. The van der Waals surface area contributed by atoms with E-state index in [2.05, 4.69) is 10.6 Å². The molecule has 0 bridgehead atoms. The van der Waals surface area contributed by atoms with Gasteiger partial charge in [0, 0.05) is 12.6 Å². The molecule has 0 spiro atoms. The SMILES string of the molecule is C1CNC2CNCC2C1.O=C(O)C(O)C(O)C(=O)O. The highest BCUT2D eigenvalue weighted by molar-refractivity contribution is 5.83. The van der Waals surface area contributed by atoms with Gasteiger partial charge in [-0.15, -0.1) is 0 Å². The molecule has 0 aromatic heterocycles. The van der Waals surface area contributed by atoms with Crippen LogP contribution in [0.3, 0.4) is 0 Å². The van der Waals surface area contributed by atoms with Crippen molar-refractivity contribution in [2.24, 2.45) is 5.92 Å². The Morgan fingerprint density at radius 1 is 1.05 bits per heavy atom. The Hall–Kier alpha value is -1.22. The Morgan fingerprint density at radius 2 is 1.63 bits per heavy atom. The summed E-state index contributed by atoms with van der Waals surface area (Å²) >= 11 is 0. The summed E-state index contributed by atoms with van der Waals surface area (Å²) in [6.07, 6.45) is -1.72. The molecule has 2 heterocycles. The molecular weight excluding hydrogens is 256 g/mol. The fraction of sp³-hybridized carbons (Fsp3) is 0.818. The van der Waals surface area contributed by atoms with Crippen molar-refractivity contribution in [1.29, 1.82) is 0 Å². The first-order valence-electron chi connectivity index (χ1n) is 6.19. The molecule has 4 unspecified atom stereocenters. The van der Waals surface area contributed by atoms with E-state index in [1.165, 1.54) is 32.5 Å². The van der Waals surface area contributed by atoms with E-state index in [4.69, 9.17) is 20.4 Å². The van der Waals surface area contributed by atoms with Gasteiger partial charge in [0.2, 0.25) is 0 Å². The van der Waals surface area contributed by atoms with Crippen molar-refractivity contribution in [3.05, 3.63) is 0 Å². The summed E-state index contributed by atoms with van der Waals surface area (Å²) in [5.41, 5.74) is 0. The Bertz CT molecular complexity index is 294. The van der Waals surface area contributed by atoms with Gasteiger partial charge < -0.3 is 31.1 Å². The fourth-order valence-corrected chi connectivity index (χ4v) is 2.20. The lowest BCUT2D eigenvalue weighted by Crippen LogP contribution is -2.40. The normalized spacial score (nSPS) is 28.5. The van der Waals surface area contributed by atoms with Gasteiger partial charge in [-0.1, -0.05) is 0 Å². The number of carboxylic acid groups (broad SMARTS) is 2. The van der Waals surface area contributed by atoms with Crippen LogP contribution in [-0.2, 0) is 9.59 Å². The lowest BCUT2D eigenvalue weighted by molar-refractivity contribution is -0.165. The molecule has 19 heavy (non-hydrogen) atoms. The number of aliphatic carboxylic acids is 2. The van der Waals surface area contributed by atoms with E-state index in [1.54, 1.807) is 0 Å². The largest absolute Gasteiger partial charge is 0.479 e. The van der Waals surface area contributed by atoms with Crippen LogP contribution in [0.25, 0.3) is 0 Å². The zero-order valence-corrected chi connectivity index (χ0v) is 10.5. The summed E-state index contributed by atoms with van der Waals surface area (Å²) in [6, 6.07) is 0.804. The summed E-state index contributed by atoms with van der Waals surface area (Å²) in [5, 5.41) is 39.4. The number of hydrogen-bond donors (Lipinski definition) is 6. The van der Waals surface area contributed by atoms with Crippen LogP contribution in [0, 0.1) is 5.92 Å². The third kappa shape index (κ3) is 4.75. The van der Waals surface area contributed by atoms with E-state index in [0.29, 0.717) is 0 Å². The molecule has 2 saturated heterocycles. The molecule has 0 radical (unpaired) electrons. The molecule has 6 N–H and O–H groups in total. The highest BCUT2D eigenvalue weighted by Crippen LogP contribution is 2.18. The van der Waals surface area contributed by atoms with Crippen molar-refractivity contribution in [2.45, 2.75) is 31.1 Å². The van der Waals surface area contributed by atoms with Gasteiger partial charge in [-0.25, -0.2) is 9.59 Å². The third-order valence-corrected chi connectivity index (χ3v) is 3.30. The number of fused-ring (bicyclic) bond motifs is 1. The summed E-state index contributed by atoms with van der Waals surface area (Å²) < 4.78 is 0. The van der Waals surface area contributed by atoms with Crippen LogP contribution < -0.4 is 10.6 Å². The maximum Gasteiger partial charge on any atom is 0.335 e. The van der Waals surface area contributed by atoms with Gasteiger partial charge in [0.05, 0.1) is 0 Å². The van der Waals surface area contributed by atoms with Crippen LogP contribution in [0.1, 0.15) is 12.8 Å². The lowest BCUT2D eigenvalue weighted by Gasteiger charge is -2.24. The van der Waals surface area contributed by atoms with Gasteiger partial charge in [0.15, 0.2) is 12.2 Å². The predicted molar refractivity (Wildman–Crippen MR) is 64.7 cm³/mol. The smallest absolute Gasteiger partial charge is 0.335 e. The molecule has 8 heteroatoms. The number of nitrogens with one attached hydrogen (secondary N) is 2. The quantitative estimate of drug-likeness (QED) is 0.342. The van der Waals surface area contributed by atoms with Crippen molar-refractivity contribution in [1.82, 2.24) is 10.6 Å². The lowest BCUT2D eigenvalue weighted by atomic mass is 9.94. The van der Waals surface area contributed by atoms with E-state index in [9.17, 15) is 9.59 Å². The third-order valence-electron chi connectivity index (χ3n) is 3.30. The molecule has 0 aromatic rings. The molecule has 0 saturated carbocycles. The minimum atomic E-state index is -2.27. The molecule has 0 aromatic carbocycles. The minimum absolute atomic E-state index is 0.804. The highest BCUT2D eigenvalue weighted by atomic mass is 16.4. The first-order chi connectivity index (χ1) is 8.93. The van der Waals surface area contributed by atoms with E-state index in [1.807, 2.05) is 0 Å². The zero-order valence-electron chi connectivity index (χ0n) is 10.5. The zero-order chi connectivity index (χ0) is 14.4. The van der Waals surface area contributed by atoms with Gasteiger partial charge in [0.25, 0.3) is 0 Å². The van der Waals surface area contributed by atoms with Crippen LogP contribution in [0.4, 0.5) is 0 Å². The summed E-state index contributed by atoms with van der Waals surface area (Å²) in [4.78, 5) is 19.5. The molecule has 2 rings (SSSR count). The molecule has 110 valence electrons. The van der Waals surface area contributed by atoms with Crippen molar-refractivity contribution >= 4 is 11.9 Å². The Balaban J connectivity index is 0.000000190. The van der Waals surface area contributed by atoms with Crippen LogP contribution >= 0.6 is 0 Å². The van der Waals surface area contributed by atoms with E-state index < -0.39 is 24.1 Å². The molecule has 2 aliphatic rings. The molecular formula is C11H20N2O6. The summed E-state index contributed by atoms with van der Waals surface area (Å²) in [6.45, 7) is 3.69. The first-order valence-corrected chi connectivity index (χ1v) is 6.19. The molecule has 2 aliphatic heterocycles. The molecule has 0 amide bonds. The average Bonchev–Trinajstić information content (AvgIpc) is 2.85. The number of carbonyl (C=O) groups is 2. The Kier molecular flexibility index (Phi) is 6.16. The first kappa shape index (κ1) is 15.8. The van der Waals surface area contributed by atoms with Crippen LogP contribution in [-0.4, -0.2) is 70.2 Å². The van der Waals surface area contributed by atoms with Crippen molar-refractivity contribution in [2.75, 3.05) is 19.6 Å². The monoisotopic (exact) mass is 276 g/mol. The average molecular weight is 276 g/mol. The van der Waals surface area contributed by atoms with Gasteiger partial charge >= 0.3 is 11.9 Å². The number of piperidine rings is 1. The maximum absolute atomic E-state index is 9.77. The fourth-order valence-electron chi connectivity index (χ4n) is 2.20.